The van der Waals surface area contributed by atoms with Crippen LogP contribution in [0.4, 0.5) is 5.00 Å². The van der Waals surface area contributed by atoms with Gasteiger partial charge in [-0.1, -0.05) is 19.3 Å². The van der Waals surface area contributed by atoms with Crippen molar-refractivity contribution in [3.05, 3.63) is 22.3 Å². The summed E-state index contributed by atoms with van der Waals surface area (Å²) in [6, 6.07) is 0.0582. The van der Waals surface area contributed by atoms with Gasteiger partial charge in [-0.2, -0.15) is 8.42 Å². The largest absolute Gasteiger partial charge is 0.511 e. The molecule has 0 radical (unpaired) electrons. The fraction of sp³-hybridized carbons (Fsp3) is 0.652. The Balaban J connectivity index is 1.40. The van der Waals surface area contributed by atoms with Crippen LogP contribution in [0.2, 0.25) is 0 Å². The molecular formula is C23H30N4O6S3. The number of amidine groups is 1. The Hall–Kier alpha value is -1.96. The standard InChI is InChI=1S/C23H30N4O6S3/c1-35(30,31)24-10-14-11-34-22-20(14)36(32,33)26-21(25-22)17-19(28)16-12-7-8-13(9-12)18(16)27(23(17)29)15-5-3-2-4-6-15/h11-13,15-16,18,24,28H,2-10H2,1H3,(H,25,26)/t12?,13?,16-,18+/m1/s1. The van der Waals surface area contributed by atoms with Crippen LogP contribution in [0.15, 0.2) is 26.0 Å². The Kier molecular flexibility index (Phi) is 5.78. The molecule has 2 bridgehead atoms. The molecule has 1 amide bonds. The first-order valence-electron chi connectivity index (χ1n) is 12.5. The number of amides is 1. The van der Waals surface area contributed by atoms with E-state index in [0.29, 0.717) is 5.92 Å². The number of hydrogen-bond acceptors (Lipinski definition) is 8. The van der Waals surface area contributed by atoms with E-state index >= 15 is 0 Å². The van der Waals surface area contributed by atoms with E-state index in [-0.39, 0.29) is 69.0 Å². The van der Waals surface area contributed by atoms with Gasteiger partial charge >= 0.3 is 0 Å². The number of nitrogens with zero attached hydrogens (tertiary/aromatic N) is 2. The molecule has 36 heavy (non-hydrogen) atoms. The second-order valence-corrected chi connectivity index (χ2v) is 14.9. The van der Waals surface area contributed by atoms with E-state index < -0.39 is 20.0 Å². The molecule has 0 spiro atoms. The van der Waals surface area contributed by atoms with Crippen LogP contribution in [0, 0.1) is 17.8 Å². The fourth-order valence-corrected chi connectivity index (χ4v) is 10.1. The lowest BCUT2D eigenvalue weighted by molar-refractivity contribution is -0.137. The minimum absolute atomic E-state index is 0.0325. The number of nitrogens with one attached hydrogen (secondary N) is 2. The number of aliphatic hydroxyl groups is 1. The second-order valence-electron chi connectivity index (χ2n) is 10.7. The highest BCUT2D eigenvalue weighted by Gasteiger charge is 2.58. The van der Waals surface area contributed by atoms with E-state index in [0.717, 1.165) is 69.0 Å². The van der Waals surface area contributed by atoms with E-state index in [1.165, 1.54) is 0 Å². The van der Waals surface area contributed by atoms with Crippen LogP contribution < -0.4 is 10.0 Å². The molecular weight excluding hydrogens is 524 g/mol. The molecule has 196 valence electrons. The summed E-state index contributed by atoms with van der Waals surface area (Å²) >= 11 is 1.10. The van der Waals surface area contributed by atoms with Gasteiger partial charge < -0.3 is 15.3 Å². The van der Waals surface area contributed by atoms with E-state index in [9.17, 15) is 26.7 Å². The SMILES string of the molecule is CS(=O)(=O)NCc1csc2c1S(=O)(=O)N=C(C1=C(O)[C@@H]3C4CCC(C4)[C@@H]3N(C3CCCCC3)C1=O)N2. The monoisotopic (exact) mass is 554 g/mol. The maximum Gasteiger partial charge on any atom is 0.287 e. The van der Waals surface area contributed by atoms with Crippen molar-refractivity contribution in [2.24, 2.45) is 22.2 Å². The topological polar surface area (TPSA) is 145 Å². The number of thiophene rings is 1. The first kappa shape index (κ1) is 24.4. The molecule has 3 N–H and O–H groups in total. The van der Waals surface area contributed by atoms with Crippen molar-refractivity contribution in [2.45, 2.75) is 74.9 Å². The number of carbonyl (C=O) groups excluding carboxylic acids is 1. The quantitative estimate of drug-likeness (QED) is 0.507. The number of rotatable bonds is 5. The lowest BCUT2D eigenvalue weighted by Gasteiger charge is -2.48. The molecule has 10 nitrogen and oxygen atoms in total. The molecule has 2 aliphatic heterocycles. The van der Waals surface area contributed by atoms with Crippen molar-refractivity contribution in [3.8, 4) is 0 Å². The number of sulfonamides is 2. The summed E-state index contributed by atoms with van der Waals surface area (Å²) in [7, 11) is -7.76. The van der Waals surface area contributed by atoms with Crippen molar-refractivity contribution >= 4 is 48.1 Å². The predicted molar refractivity (Wildman–Crippen MR) is 136 cm³/mol. The number of anilines is 1. The molecule has 2 unspecified atom stereocenters. The molecule has 1 aromatic rings. The van der Waals surface area contributed by atoms with Gasteiger partial charge in [0.15, 0.2) is 5.84 Å². The molecule has 3 heterocycles. The molecule has 0 aromatic carbocycles. The molecule has 0 saturated heterocycles. The van der Waals surface area contributed by atoms with E-state index in [1.54, 1.807) is 5.38 Å². The van der Waals surface area contributed by atoms with Gasteiger partial charge in [0.1, 0.15) is 21.2 Å². The highest BCUT2D eigenvalue weighted by atomic mass is 32.2. The minimum atomic E-state index is -4.23. The van der Waals surface area contributed by atoms with Gasteiger partial charge in [0.2, 0.25) is 10.0 Å². The van der Waals surface area contributed by atoms with Crippen LogP contribution >= 0.6 is 11.3 Å². The predicted octanol–water partition coefficient (Wildman–Crippen LogP) is 2.71. The molecule has 1 aromatic heterocycles. The van der Waals surface area contributed by atoms with Gasteiger partial charge in [-0.15, -0.1) is 15.7 Å². The Morgan fingerprint density at radius 2 is 1.92 bits per heavy atom. The molecule has 3 saturated carbocycles. The lowest BCUT2D eigenvalue weighted by atomic mass is 9.76. The average Bonchev–Trinajstić information content (AvgIpc) is 3.53. The van der Waals surface area contributed by atoms with Gasteiger partial charge in [-0.3, -0.25) is 4.79 Å². The zero-order valence-corrected chi connectivity index (χ0v) is 22.4. The zero-order valence-electron chi connectivity index (χ0n) is 19.9. The summed E-state index contributed by atoms with van der Waals surface area (Å²) < 4.78 is 55.8. The second kappa shape index (κ2) is 8.53. The van der Waals surface area contributed by atoms with Crippen LogP contribution in [0.5, 0.6) is 0 Å². The molecule has 13 heteroatoms. The van der Waals surface area contributed by atoms with Crippen molar-refractivity contribution in [1.29, 1.82) is 0 Å². The highest BCUT2D eigenvalue weighted by molar-refractivity contribution is 7.91. The molecule has 6 rings (SSSR count). The Bertz CT molecular complexity index is 1390. The van der Waals surface area contributed by atoms with Crippen molar-refractivity contribution < 1.29 is 26.7 Å². The first-order chi connectivity index (χ1) is 17.0. The van der Waals surface area contributed by atoms with Crippen LogP contribution in [0.3, 0.4) is 0 Å². The lowest BCUT2D eigenvalue weighted by Crippen LogP contribution is -2.58. The maximum absolute atomic E-state index is 14.0. The van der Waals surface area contributed by atoms with Gasteiger partial charge in [-0.25, -0.2) is 13.1 Å². The van der Waals surface area contributed by atoms with E-state index in [1.807, 2.05) is 4.90 Å². The summed E-state index contributed by atoms with van der Waals surface area (Å²) in [6.45, 7) is -0.189. The molecule has 3 aliphatic carbocycles. The van der Waals surface area contributed by atoms with Gasteiger partial charge in [-0.05, 0) is 49.3 Å². The highest BCUT2D eigenvalue weighted by Crippen LogP contribution is 2.56. The number of carbonyl (C=O) groups is 1. The van der Waals surface area contributed by atoms with Crippen LogP contribution in [0.25, 0.3) is 0 Å². The third kappa shape index (κ3) is 3.89. The maximum atomic E-state index is 14.0. The van der Waals surface area contributed by atoms with Gasteiger partial charge in [0, 0.05) is 30.1 Å². The van der Waals surface area contributed by atoms with Crippen LogP contribution in [-0.4, -0.2) is 56.9 Å². The Labute approximate surface area is 215 Å². The van der Waals surface area contributed by atoms with Gasteiger partial charge in [0.05, 0.1) is 6.26 Å². The van der Waals surface area contributed by atoms with Crippen molar-refractivity contribution in [1.82, 2.24) is 9.62 Å². The third-order valence-corrected chi connectivity index (χ3v) is 11.6. The zero-order chi connectivity index (χ0) is 25.4. The fourth-order valence-electron chi connectivity index (χ4n) is 7.07. The first-order valence-corrected chi connectivity index (χ1v) is 16.7. The summed E-state index contributed by atoms with van der Waals surface area (Å²) in [4.78, 5) is 15.9. The van der Waals surface area contributed by atoms with E-state index in [4.69, 9.17) is 0 Å². The number of fused-ring (bicyclic) bond motifs is 6. The molecule has 3 fully saturated rings. The molecule has 5 aliphatic rings. The number of aliphatic hydroxyl groups excluding tert-OH is 1. The Morgan fingerprint density at radius 3 is 2.64 bits per heavy atom. The van der Waals surface area contributed by atoms with Crippen molar-refractivity contribution in [3.63, 3.8) is 0 Å². The smallest absolute Gasteiger partial charge is 0.287 e. The van der Waals surface area contributed by atoms with Crippen molar-refractivity contribution in [2.75, 3.05) is 11.6 Å². The molecule has 4 atom stereocenters. The number of hydrogen-bond donors (Lipinski definition) is 3. The van der Waals surface area contributed by atoms with E-state index in [2.05, 4.69) is 14.4 Å². The minimum Gasteiger partial charge on any atom is -0.511 e. The Morgan fingerprint density at radius 1 is 1.19 bits per heavy atom. The summed E-state index contributed by atoms with van der Waals surface area (Å²) in [5, 5.41) is 16.3. The normalized spacial score (nSPS) is 31.8. The van der Waals surface area contributed by atoms with Crippen LogP contribution in [0.1, 0.15) is 56.9 Å². The summed E-state index contributed by atoms with van der Waals surface area (Å²) in [5.74, 6) is -0.0611. The summed E-state index contributed by atoms with van der Waals surface area (Å²) in [6.07, 6.45) is 9.14. The van der Waals surface area contributed by atoms with Crippen LogP contribution in [-0.2, 0) is 31.4 Å². The van der Waals surface area contributed by atoms with Gasteiger partial charge in [0.25, 0.3) is 15.9 Å². The summed E-state index contributed by atoms with van der Waals surface area (Å²) in [5.41, 5.74) is 0.244. The third-order valence-electron chi connectivity index (χ3n) is 8.46. The average molecular weight is 555 g/mol.